The highest BCUT2D eigenvalue weighted by Crippen LogP contribution is 2.22. The third-order valence-corrected chi connectivity index (χ3v) is 4.13. The lowest BCUT2D eigenvalue weighted by atomic mass is 10.0. The maximum Gasteiger partial charge on any atom is 0.328 e. The average Bonchev–Trinajstić information content (AvgIpc) is 2.59. The molecule has 9 heteroatoms. The fourth-order valence-electron chi connectivity index (χ4n) is 1.98. The van der Waals surface area contributed by atoms with E-state index in [1.54, 1.807) is 0 Å². The van der Waals surface area contributed by atoms with Crippen molar-refractivity contribution in [1.29, 1.82) is 0 Å². The molecule has 1 aromatic carbocycles. The molecule has 0 unspecified atom stereocenters. The summed E-state index contributed by atoms with van der Waals surface area (Å²) in [5.74, 6) is -3.45. The predicted molar refractivity (Wildman–Crippen MR) is 91.4 cm³/mol. The Morgan fingerprint density at radius 1 is 1.23 bits per heavy atom. The summed E-state index contributed by atoms with van der Waals surface area (Å²) in [6.07, 6.45) is 0.376. The van der Waals surface area contributed by atoms with Crippen LogP contribution in [0.2, 0.25) is 0 Å². The highest BCUT2D eigenvalue weighted by atomic mass is 32.2. The summed E-state index contributed by atoms with van der Waals surface area (Å²) >= 11 is 0.756. The predicted octanol–water partition coefficient (Wildman–Crippen LogP) is 2.30. The number of rotatable bonds is 9. The van der Waals surface area contributed by atoms with Crippen LogP contribution in [0.25, 0.3) is 0 Å². The van der Waals surface area contributed by atoms with E-state index in [2.05, 4.69) is 10.1 Å². The molecule has 1 amide bonds. The van der Waals surface area contributed by atoms with Crippen molar-refractivity contribution in [3.63, 3.8) is 0 Å². The van der Waals surface area contributed by atoms with E-state index in [4.69, 9.17) is 4.74 Å². The third-order valence-electron chi connectivity index (χ3n) is 3.13. The number of methoxy groups -OCH3 is 1. The first-order valence-electron chi connectivity index (χ1n) is 7.83. The van der Waals surface area contributed by atoms with Gasteiger partial charge in [-0.1, -0.05) is 13.8 Å². The van der Waals surface area contributed by atoms with Crippen LogP contribution >= 0.6 is 11.8 Å². The topological polar surface area (TPSA) is 81.7 Å². The highest BCUT2D eigenvalue weighted by molar-refractivity contribution is 8.00. The van der Waals surface area contributed by atoms with E-state index in [1.807, 2.05) is 13.8 Å². The summed E-state index contributed by atoms with van der Waals surface area (Å²) in [6.45, 7) is 3.17. The first kappa shape index (κ1) is 21.9. The fourth-order valence-corrected chi connectivity index (χ4v) is 2.73. The Labute approximate surface area is 154 Å². The van der Waals surface area contributed by atoms with Crippen molar-refractivity contribution < 1.29 is 32.6 Å². The lowest BCUT2D eigenvalue weighted by Crippen LogP contribution is -2.44. The van der Waals surface area contributed by atoms with Gasteiger partial charge < -0.3 is 14.8 Å². The number of carbonyl (C=O) groups excluding carboxylic acids is 3. The minimum Gasteiger partial charge on any atom is -0.467 e. The maximum atomic E-state index is 13.4. The Morgan fingerprint density at radius 2 is 1.92 bits per heavy atom. The van der Waals surface area contributed by atoms with Gasteiger partial charge >= 0.3 is 11.9 Å². The van der Waals surface area contributed by atoms with Gasteiger partial charge in [0, 0.05) is 4.90 Å². The van der Waals surface area contributed by atoms with Crippen LogP contribution in [0.3, 0.4) is 0 Å². The molecule has 0 aromatic heterocycles. The van der Waals surface area contributed by atoms with Crippen LogP contribution in [-0.4, -0.2) is 43.4 Å². The lowest BCUT2D eigenvalue weighted by Gasteiger charge is -2.18. The van der Waals surface area contributed by atoms with E-state index >= 15 is 0 Å². The van der Waals surface area contributed by atoms with E-state index in [-0.39, 0.29) is 16.6 Å². The van der Waals surface area contributed by atoms with Gasteiger partial charge in [0.2, 0.25) is 0 Å². The molecule has 0 saturated carbocycles. The molecule has 26 heavy (non-hydrogen) atoms. The lowest BCUT2D eigenvalue weighted by molar-refractivity contribution is -0.149. The Morgan fingerprint density at radius 3 is 2.54 bits per heavy atom. The van der Waals surface area contributed by atoms with Crippen molar-refractivity contribution >= 4 is 29.6 Å². The monoisotopic (exact) mass is 389 g/mol. The molecule has 1 N–H and O–H groups in total. The number of benzene rings is 1. The zero-order valence-electron chi connectivity index (χ0n) is 14.7. The van der Waals surface area contributed by atoms with Gasteiger partial charge in [0.15, 0.2) is 6.61 Å². The molecule has 0 bridgehead atoms. The van der Waals surface area contributed by atoms with Gasteiger partial charge in [-0.15, -0.1) is 11.8 Å². The Kier molecular flexibility index (Phi) is 9.04. The standard InChI is InChI=1S/C17H21F2NO5S/c1-10(2)6-13(17(23)24-3)20-15(21)8-25-16(22)9-26-14-7-11(18)4-5-12(14)19/h4-5,7,10,13H,6,8-9H2,1-3H3,(H,20,21)/t13-/m0/s1. The Bertz CT molecular complexity index is 654. The van der Waals surface area contributed by atoms with Gasteiger partial charge in [0.1, 0.15) is 17.7 Å². The van der Waals surface area contributed by atoms with Crippen LogP contribution < -0.4 is 5.32 Å². The number of carbonyl (C=O) groups is 3. The number of halogens is 2. The molecule has 0 spiro atoms. The molecule has 0 aliphatic carbocycles. The minimum absolute atomic E-state index is 0.0332. The molecule has 0 radical (unpaired) electrons. The van der Waals surface area contributed by atoms with Crippen LogP contribution in [-0.2, 0) is 23.9 Å². The van der Waals surface area contributed by atoms with Gasteiger partial charge in [0.05, 0.1) is 12.9 Å². The molecule has 0 aliphatic heterocycles. The summed E-state index contributed by atoms with van der Waals surface area (Å²) in [5.41, 5.74) is 0. The summed E-state index contributed by atoms with van der Waals surface area (Å²) in [6, 6.07) is 2.06. The molecule has 6 nitrogen and oxygen atoms in total. The van der Waals surface area contributed by atoms with E-state index in [0.717, 1.165) is 30.0 Å². The number of thioether (sulfide) groups is 1. The second-order valence-electron chi connectivity index (χ2n) is 5.80. The minimum atomic E-state index is -0.832. The second kappa shape index (κ2) is 10.7. The van der Waals surface area contributed by atoms with Gasteiger partial charge in [-0.05, 0) is 30.5 Å². The highest BCUT2D eigenvalue weighted by Gasteiger charge is 2.23. The normalized spacial score (nSPS) is 11.8. The molecule has 0 fully saturated rings. The largest absolute Gasteiger partial charge is 0.467 e. The fraction of sp³-hybridized carbons (Fsp3) is 0.471. The van der Waals surface area contributed by atoms with Crippen LogP contribution in [0.1, 0.15) is 20.3 Å². The number of hydrogen-bond acceptors (Lipinski definition) is 6. The molecule has 0 saturated heterocycles. The van der Waals surface area contributed by atoms with Crippen molar-refractivity contribution in [3.8, 4) is 0 Å². The summed E-state index contributed by atoms with van der Waals surface area (Å²) in [7, 11) is 1.21. The number of hydrogen-bond donors (Lipinski definition) is 1. The first-order valence-corrected chi connectivity index (χ1v) is 8.82. The van der Waals surface area contributed by atoms with Crippen LogP contribution in [0.15, 0.2) is 23.1 Å². The molecular formula is C17H21F2NO5S. The molecular weight excluding hydrogens is 368 g/mol. The molecule has 1 aromatic rings. The first-order chi connectivity index (χ1) is 12.2. The van der Waals surface area contributed by atoms with Gasteiger partial charge in [-0.2, -0.15) is 0 Å². The van der Waals surface area contributed by atoms with E-state index in [9.17, 15) is 23.2 Å². The summed E-state index contributed by atoms with van der Waals surface area (Å²) < 4.78 is 35.9. The van der Waals surface area contributed by atoms with Crippen molar-refractivity contribution in [1.82, 2.24) is 5.32 Å². The molecule has 1 rings (SSSR count). The van der Waals surface area contributed by atoms with Gasteiger partial charge in [-0.3, -0.25) is 9.59 Å². The number of ether oxygens (including phenoxy) is 2. The number of nitrogens with one attached hydrogen (secondary N) is 1. The van der Waals surface area contributed by atoms with Crippen LogP contribution in [0.5, 0.6) is 0 Å². The van der Waals surface area contributed by atoms with Crippen molar-refractivity contribution in [2.75, 3.05) is 19.5 Å². The average molecular weight is 389 g/mol. The van der Waals surface area contributed by atoms with Crippen LogP contribution in [0.4, 0.5) is 8.78 Å². The SMILES string of the molecule is COC(=O)[C@H](CC(C)C)NC(=O)COC(=O)CSc1cc(F)ccc1F. The van der Waals surface area contributed by atoms with Crippen molar-refractivity contribution in [2.24, 2.45) is 5.92 Å². The van der Waals surface area contributed by atoms with Crippen molar-refractivity contribution in [3.05, 3.63) is 29.8 Å². The smallest absolute Gasteiger partial charge is 0.328 e. The molecule has 0 heterocycles. The van der Waals surface area contributed by atoms with E-state index < -0.39 is 42.1 Å². The Balaban J connectivity index is 2.44. The summed E-state index contributed by atoms with van der Waals surface area (Å²) in [4.78, 5) is 35.1. The maximum absolute atomic E-state index is 13.4. The summed E-state index contributed by atoms with van der Waals surface area (Å²) in [5, 5.41) is 2.44. The van der Waals surface area contributed by atoms with Crippen molar-refractivity contribution in [2.45, 2.75) is 31.2 Å². The Hall–Kier alpha value is -2.16. The zero-order chi connectivity index (χ0) is 19.7. The quantitative estimate of drug-likeness (QED) is 0.516. The number of esters is 2. The van der Waals surface area contributed by atoms with Gasteiger partial charge in [-0.25, -0.2) is 13.6 Å². The second-order valence-corrected chi connectivity index (χ2v) is 6.81. The van der Waals surface area contributed by atoms with Gasteiger partial charge in [0.25, 0.3) is 5.91 Å². The van der Waals surface area contributed by atoms with E-state index in [1.165, 1.54) is 7.11 Å². The third kappa shape index (κ3) is 7.81. The molecule has 1 atom stereocenters. The van der Waals surface area contributed by atoms with E-state index in [0.29, 0.717) is 6.42 Å². The number of amides is 1. The zero-order valence-corrected chi connectivity index (χ0v) is 15.5. The molecule has 0 aliphatic rings. The van der Waals surface area contributed by atoms with Crippen LogP contribution in [0, 0.1) is 17.6 Å². The molecule has 144 valence electrons.